The number of nitrogens with zero attached hydrogens (tertiary/aromatic N) is 3. The summed E-state index contributed by atoms with van der Waals surface area (Å²) in [6, 6.07) is 22.3. The Labute approximate surface area is 182 Å². The van der Waals surface area contributed by atoms with Crippen molar-refractivity contribution in [2.75, 3.05) is 24.5 Å². The molecule has 2 aromatic heterocycles. The molecule has 0 amide bonds. The predicted molar refractivity (Wildman–Crippen MR) is 124 cm³/mol. The van der Waals surface area contributed by atoms with Crippen LogP contribution in [0.15, 0.2) is 66.7 Å². The van der Waals surface area contributed by atoms with Gasteiger partial charge in [0.1, 0.15) is 24.0 Å². The predicted octanol–water partition coefficient (Wildman–Crippen LogP) is 4.38. The third-order valence-electron chi connectivity index (χ3n) is 5.88. The Hall–Kier alpha value is -3.38. The molecule has 1 unspecified atom stereocenters. The van der Waals surface area contributed by atoms with Gasteiger partial charge in [0.05, 0.1) is 5.52 Å². The summed E-state index contributed by atoms with van der Waals surface area (Å²) in [4.78, 5) is 15.3. The van der Waals surface area contributed by atoms with E-state index in [-0.39, 0.29) is 0 Å². The Morgan fingerprint density at radius 3 is 2.65 bits per heavy atom. The standard InChI is InChI=1S/C25H27N5O/c26-15-19-7-4-14-30(16-19)23-13-12-22-25(28-23)29-24(27-22)20-8-10-21(11-9-20)31-17-18-5-2-1-3-6-18/h1-3,5-6,8-13,19H,4,7,14-17,26H2,(H,27,28,29). The Balaban J connectivity index is 1.31. The largest absolute Gasteiger partial charge is 0.489 e. The van der Waals surface area contributed by atoms with Gasteiger partial charge in [-0.3, -0.25) is 0 Å². The molecule has 2 aromatic carbocycles. The van der Waals surface area contributed by atoms with Crippen molar-refractivity contribution in [3.8, 4) is 17.1 Å². The lowest BCUT2D eigenvalue weighted by Crippen LogP contribution is -2.38. The van der Waals surface area contributed by atoms with Gasteiger partial charge in [0.25, 0.3) is 0 Å². The Bertz CT molecular complexity index is 1140. The summed E-state index contributed by atoms with van der Waals surface area (Å²) in [7, 11) is 0. The van der Waals surface area contributed by atoms with Crippen LogP contribution in [0.5, 0.6) is 5.75 Å². The minimum atomic E-state index is 0.545. The van der Waals surface area contributed by atoms with Crippen LogP contribution in [0.2, 0.25) is 0 Å². The summed E-state index contributed by atoms with van der Waals surface area (Å²) in [5.74, 6) is 3.17. The summed E-state index contributed by atoms with van der Waals surface area (Å²) < 4.78 is 5.89. The molecule has 1 atom stereocenters. The number of H-pyrrole nitrogens is 1. The van der Waals surface area contributed by atoms with Crippen molar-refractivity contribution >= 4 is 17.0 Å². The van der Waals surface area contributed by atoms with Crippen LogP contribution in [0.4, 0.5) is 5.82 Å². The van der Waals surface area contributed by atoms with Gasteiger partial charge in [-0.05, 0) is 67.3 Å². The van der Waals surface area contributed by atoms with E-state index in [2.05, 4.69) is 34.1 Å². The van der Waals surface area contributed by atoms with E-state index in [9.17, 15) is 0 Å². The van der Waals surface area contributed by atoms with E-state index < -0.39 is 0 Å². The number of hydrogen-bond acceptors (Lipinski definition) is 5. The molecule has 1 fully saturated rings. The molecular weight excluding hydrogens is 386 g/mol. The van der Waals surface area contributed by atoms with Crippen molar-refractivity contribution in [3.63, 3.8) is 0 Å². The maximum atomic E-state index is 5.89. The number of hydrogen-bond donors (Lipinski definition) is 2. The van der Waals surface area contributed by atoms with Crippen LogP contribution in [0, 0.1) is 5.92 Å². The number of nitrogens with two attached hydrogens (primary N) is 1. The van der Waals surface area contributed by atoms with E-state index in [0.29, 0.717) is 12.5 Å². The lowest BCUT2D eigenvalue weighted by molar-refractivity contribution is 0.306. The number of rotatable bonds is 6. The van der Waals surface area contributed by atoms with E-state index in [1.807, 2.05) is 42.5 Å². The molecule has 6 heteroatoms. The van der Waals surface area contributed by atoms with Gasteiger partial charge >= 0.3 is 0 Å². The molecule has 0 saturated carbocycles. The topological polar surface area (TPSA) is 80.1 Å². The van der Waals surface area contributed by atoms with Crippen molar-refractivity contribution < 1.29 is 4.74 Å². The first-order chi connectivity index (χ1) is 15.3. The van der Waals surface area contributed by atoms with E-state index in [1.54, 1.807) is 0 Å². The molecule has 31 heavy (non-hydrogen) atoms. The second-order valence-corrected chi connectivity index (χ2v) is 8.11. The highest BCUT2D eigenvalue weighted by Gasteiger charge is 2.20. The van der Waals surface area contributed by atoms with Gasteiger partial charge in [0, 0.05) is 18.7 Å². The number of aromatic nitrogens is 3. The summed E-state index contributed by atoms with van der Waals surface area (Å²) in [6.07, 6.45) is 2.36. The molecule has 6 nitrogen and oxygen atoms in total. The quantitative estimate of drug-likeness (QED) is 0.490. The normalized spacial score (nSPS) is 16.5. The Kier molecular flexibility index (Phi) is 5.54. The lowest BCUT2D eigenvalue weighted by atomic mass is 9.98. The van der Waals surface area contributed by atoms with Gasteiger partial charge < -0.3 is 20.4 Å². The minimum absolute atomic E-state index is 0.545. The van der Waals surface area contributed by atoms with Crippen LogP contribution in [0.25, 0.3) is 22.6 Å². The highest BCUT2D eigenvalue weighted by molar-refractivity contribution is 5.77. The Morgan fingerprint density at radius 2 is 1.84 bits per heavy atom. The number of aromatic amines is 1. The smallest absolute Gasteiger partial charge is 0.180 e. The highest BCUT2D eigenvalue weighted by Crippen LogP contribution is 2.26. The Morgan fingerprint density at radius 1 is 1.00 bits per heavy atom. The molecule has 0 aliphatic carbocycles. The van der Waals surface area contributed by atoms with Crippen molar-refractivity contribution in [2.24, 2.45) is 11.7 Å². The first-order valence-electron chi connectivity index (χ1n) is 10.9. The number of imidazole rings is 1. The van der Waals surface area contributed by atoms with Crippen LogP contribution in [-0.4, -0.2) is 34.6 Å². The first kappa shape index (κ1) is 19.6. The minimum Gasteiger partial charge on any atom is -0.489 e. The molecule has 0 radical (unpaired) electrons. The van der Waals surface area contributed by atoms with Gasteiger partial charge in [0.15, 0.2) is 5.65 Å². The maximum Gasteiger partial charge on any atom is 0.180 e. The van der Waals surface area contributed by atoms with Crippen molar-refractivity contribution in [2.45, 2.75) is 19.4 Å². The summed E-state index contributed by atoms with van der Waals surface area (Å²) in [5, 5.41) is 0. The fourth-order valence-electron chi connectivity index (χ4n) is 4.11. The van der Waals surface area contributed by atoms with E-state index in [0.717, 1.165) is 65.7 Å². The van der Waals surface area contributed by atoms with Crippen LogP contribution < -0.4 is 15.4 Å². The van der Waals surface area contributed by atoms with E-state index in [4.69, 9.17) is 20.4 Å². The van der Waals surface area contributed by atoms with Gasteiger partial charge in [-0.1, -0.05) is 30.3 Å². The molecule has 4 aromatic rings. The fraction of sp³-hybridized carbons (Fsp3) is 0.280. The summed E-state index contributed by atoms with van der Waals surface area (Å²) in [5.41, 5.74) is 9.73. The third-order valence-corrected chi connectivity index (χ3v) is 5.88. The second-order valence-electron chi connectivity index (χ2n) is 8.11. The molecule has 158 valence electrons. The van der Waals surface area contributed by atoms with Gasteiger partial charge in [-0.2, -0.15) is 0 Å². The molecular formula is C25H27N5O. The van der Waals surface area contributed by atoms with E-state index in [1.165, 1.54) is 6.42 Å². The zero-order valence-corrected chi connectivity index (χ0v) is 17.5. The van der Waals surface area contributed by atoms with Gasteiger partial charge in [-0.15, -0.1) is 0 Å². The van der Waals surface area contributed by atoms with Gasteiger partial charge in [0.2, 0.25) is 0 Å². The summed E-state index contributed by atoms with van der Waals surface area (Å²) in [6.45, 7) is 3.28. The lowest BCUT2D eigenvalue weighted by Gasteiger charge is -2.32. The van der Waals surface area contributed by atoms with Crippen molar-refractivity contribution in [3.05, 3.63) is 72.3 Å². The van der Waals surface area contributed by atoms with Gasteiger partial charge in [-0.25, -0.2) is 9.97 Å². The molecule has 3 N–H and O–H groups in total. The number of fused-ring (bicyclic) bond motifs is 1. The van der Waals surface area contributed by atoms with E-state index >= 15 is 0 Å². The average molecular weight is 414 g/mol. The molecule has 1 aliphatic rings. The van der Waals surface area contributed by atoms with Crippen molar-refractivity contribution in [1.82, 2.24) is 15.0 Å². The highest BCUT2D eigenvalue weighted by atomic mass is 16.5. The number of piperidine rings is 1. The number of benzene rings is 2. The summed E-state index contributed by atoms with van der Waals surface area (Å²) >= 11 is 0. The maximum absolute atomic E-state index is 5.89. The van der Waals surface area contributed by atoms with Crippen LogP contribution in [0.1, 0.15) is 18.4 Å². The zero-order chi connectivity index (χ0) is 21.0. The zero-order valence-electron chi connectivity index (χ0n) is 17.5. The number of pyridine rings is 1. The molecule has 1 saturated heterocycles. The molecule has 1 aliphatic heterocycles. The second kappa shape index (κ2) is 8.78. The van der Waals surface area contributed by atoms with Crippen molar-refractivity contribution in [1.29, 1.82) is 0 Å². The number of nitrogens with one attached hydrogen (secondary N) is 1. The third kappa shape index (κ3) is 4.39. The molecule has 0 bridgehead atoms. The van der Waals surface area contributed by atoms with Crippen LogP contribution >= 0.6 is 0 Å². The monoisotopic (exact) mass is 413 g/mol. The molecule has 0 spiro atoms. The molecule has 5 rings (SSSR count). The number of anilines is 1. The average Bonchev–Trinajstić information content (AvgIpc) is 3.27. The number of ether oxygens (including phenoxy) is 1. The van der Waals surface area contributed by atoms with Crippen LogP contribution in [-0.2, 0) is 6.61 Å². The fourth-order valence-corrected chi connectivity index (χ4v) is 4.11. The van der Waals surface area contributed by atoms with Crippen LogP contribution in [0.3, 0.4) is 0 Å². The first-order valence-corrected chi connectivity index (χ1v) is 10.9. The SMILES string of the molecule is NCC1CCCN(c2ccc3[nH]c(-c4ccc(OCc5ccccc5)cc4)nc3n2)C1. The molecule has 3 heterocycles.